The molecule has 2 rings (SSSR count). The topological polar surface area (TPSA) is 85.5 Å². The summed E-state index contributed by atoms with van der Waals surface area (Å²) in [6.07, 6.45) is 1.45. The van der Waals surface area contributed by atoms with Crippen LogP contribution in [0, 0.1) is 17.0 Å². The lowest BCUT2D eigenvalue weighted by atomic mass is 10.2. The van der Waals surface area contributed by atoms with Crippen molar-refractivity contribution in [3.63, 3.8) is 0 Å². The molecule has 0 bridgehead atoms. The summed E-state index contributed by atoms with van der Waals surface area (Å²) >= 11 is 0. The minimum atomic E-state index is -0.496. The van der Waals surface area contributed by atoms with Crippen LogP contribution in [0.1, 0.15) is 11.1 Å². The third kappa shape index (κ3) is 3.05. The molecule has 0 unspecified atom stereocenters. The first-order chi connectivity index (χ1) is 9.10. The molecule has 0 atom stereocenters. The number of nitro benzene ring substituents is 1. The van der Waals surface area contributed by atoms with Crippen molar-refractivity contribution in [1.29, 1.82) is 0 Å². The number of rotatable bonds is 4. The van der Waals surface area contributed by atoms with E-state index in [0.29, 0.717) is 5.56 Å². The minimum absolute atomic E-state index is 0.104. The fourth-order valence-electron chi connectivity index (χ4n) is 1.53. The van der Waals surface area contributed by atoms with Gasteiger partial charge in [-0.3, -0.25) is 10.1 Å². The monoisotopic (exact) mass is 260 g/mol. The number of hydrogen-bond acceptors (Lipinski definition) is 5. The molecule has 0 aliphatic carbocycles. The van der Waals surface area contributed by atoms with E-state index in [1.54, 1.807) is 25.1 Å². The standard InChI is InChI=1S/C13H12N2O4/c1-9-2-4-12(11(6-9)15(17)18)19-13-5-3-10(8-16)7-14-13/h2-7,16H,8H2,1H3. The Labute approximate surface area is 109 Å². The predicted molar refractivity (Wildman–Crippen MR) is 68.1 cm³/mol. The number of benzene rings is 1. The van der Waals surface area contributed by atoms with Gasteiger partial charge in [-0.05, 0) is 30.2 Å². The molecule has 1 aromatic heterocycles. The van der Waals surface area contributed by atoms with Gasteiger partial charge in [-0.2, -0.15) is 0 Å². The first-order valence-electron chi connectivity index (χ1n) is 5.59. The SMILES string of the molecule is Cc1ccc(Oc2ccc(CO)cn2)c([N+](=O)[O-])c1. The van der Waals surface area contributed by atoms with Gasteiger partial charge in [0.15, 0.2) is 0 Å². The Morgan fingerprint density at radius 3 is 2.74 bits per heavy atom. The summed E-state index contributed by atoms with van der Waals surface area (Å²) < 4.78 is 5.39. The number of nitrogens with zero attached hydrogens (tertiary/aromatic N) is 2. The Morgan fingerprint density at radius 1 is 1.37 bits per heavy atom. The van der Waals surface area contributed by atoms with Crippen LogP contribution in [-0.2, 0) is 6.61 Å². The summed E-state index contributed by atoms with van der Waals surface area (Å²) in [5.41, 5.74) is 1.32. The second-order valence-electron chi connectivity index (χ2n) is 3.99. The number of pyridine rings is 1. The number of ether oxygens (including phenoxy) is 1. The molecule has 0 aliphatic heterocycles. The number of hydrogen-bond donors (Lipinski definition) is 1. The Morgan fingerprint density at radius 2 is 2.16 bits per heavy atom. The van der Waals surface area contributed by atoms with E-state index in [4.69, 9.17) is 9.84 Å². The van der Waals surface area contributed by atoms with E-state index in [1.165, 1.54) is 18.3 Å². The van der Waals surface area contributed by atoms with E-state index in [0.717, 1.165) is 5.56 Å². The van der Waals surface area contributed by atoms with Crippen LogP contribution in [0.4, 0.5) is 5.69 Å². The highest BCUT2D eigenvalue weighted by molar-refractivity contribution is 5.49. The Hall–Kier alpha value is -2.47. The van der Waals surface area contributed by atoms with Crippen LogP contribution in [0.15, 0.2) is 36.5 Å². The van der Waals surface area contributed by atoms with Gasteiger partial charge in [0.25, 0.3) is 0 Å². The van der Waals surface area contributed by atoms with Crippen molar-refractivity contribution in [2.45, 2.75) is 13.5 Å². The Kier molecular flexibility index (Phi) is 3.72. The molecule has 2 aromatic rings. The van der Waals surface area contributed by atoms with E-state index < -0.39 is 4.92 Å². The van der Waals surface area contributed by atoms with Crippen LogP contribution in [0.3, 0.4) is 0 Å². The minimum Gasteiger partial charge on any atom is -0.432 e. The van der Waals surface area contributed by atoms with E-state index >= 15 is 0 Å². The molecule has 6 nitrogen and oxygen atoms in total. The van der Waals surface area contributed by atoms with Crippen LogP contribution in [-0.4, -0.2) is 15.0 Å². The first kappa shape index (κ1) is 13.0. The first-order valence-corrected chi connectivity index (χ1v) is 5.59. The van der Waals surface area contributed by atoms with Crippen molar-refractivity contribution >= 4 is 5.69 Å². The Bertz CT molecular complexity index is 596. The molecule has 1 N–H and O–H groups in total. The van der Waals surface area contributed by atoms with Gasteiger partial charge in [0, 0.05) is 18.3 Å². The number of nitro groups is 1. The summed E-state index contributed by atoms with van der Waals surface area (Å²) in [6, 6.07) is 7.90. The lowest BCUT2D eigenvalue weighted by Gasteiger charge is -2.06. The molecule has 0 fully saturated rings. The van der Waals surface area contributed by atoms with Crippen molar-refractivity contribution < 1.29 is 14.8 Å². The van der Waals surface area contributed by atoms with Gasteiger partial charge in [0.1, 0.15) is 0 Å². The van der Waals surface area contributed by atoms with Crippen LogP contribution >= 0.6 is 0 Å². The highest BCUT2D eigenvalue weighted by Gasteiger charge is 2.16. The molecule has 0 amide bonds. The second-order valence-corrected chi connectivity index (χ2v) is 3.99. The average Bonchev–Trinajstić information content (AvgIpc) is 2.41. The molecule has 98 valence electrons. The molecule has 0 aliphatic rings. The fraction of sp³-hybridized carbons (Fsp3) is 0.154. The smallest absolute Gasteiger partial charge is 0.311 e. The Balaban J connectivity index is 2.29. The maximum Gasteiger partial charge on any atom is 0.311 e. The molecule has 6 heteroatoms. The van der Waals surface area contributed by atoms with Crippen LogP contribution in [0.25, 0.3) is 0 Å². The lowest BCUT2D eigenvalue weighted by molar-refractivity contribution is -0.385. The number of aryl methyl sites for hydroxylation is 1. The van der Waals surface area contributed by atoms with Crippen molar-refractivity contribution in [2.24, 2.45) is 0 Å². The van der Waals surface area contributed by atoms with Crippen molar-refractivity contribution in [3.8, 4) is 11.6 Å². The summed E-state index contributed by atoms with van der Waals surface area (Å²) in [5, 5.41) is 19.8. The zero-order valence-corrected chi connectivity index (χ0v) is 10.2. The largest absolute Gasteiger partial charge is 0.432 e. The van der Waals surface area contributed by atoms with Gasteiger partial charge >= 0.3 is 5.69 Å². The molecular formula is C13H12N2O4. The number of aromatic nitrogens is 1. The molecule has 19 heavy (non-hydrogen) atoms. The molecular weight excluding hydrogens is 248 g/mol. The van der Waals surface area contributed by atoms with E-state index in [9.17, 15) is 10.1 Å². The summed E-state index contributed by atoms with van der Waals surface area (Å²) in [5.74, 6) is 0.379. The van der Waals surface area contributed by atoms with Gasteiger partial charge in [-0.15, -0.1) is 0 Å². The molecule has 0 spiro atoms. The predicted octanol–water partition coefficient (Wildman–Crippen LogP) is 2.58. The summed E-state index contributed by atoms with van der Waals surface area (Å²) in [7, 11) is 0. The van der Waals surface area contributed by atoms with Crippen molar-refractivity contribution in [3.05, 3.63) is 57.8 Å². The molecule has 0 radical (unpaired) electrons. The normalized spacial score (nSPS) is 10.2. The van der Waals surface area contributed by atoms with E-state index in [2.05, 4.69) is 4.98 Å². The lowest BCUT2D eigenvalue weighted by Crippen LogP contribution is -1.95. The quantitative estimate of drug-likeness (QED) is 0.674. The average molecular weight is 260 g/mol. The van der Waals surface area contributed by atoms with Crippen LogP contribution in [0.2, 0.25) is 0 Å². The fourth-order valence-corrected chi connectivity index (χ4v) is 1.53. The van der Waals surface area contributed by atoms with Crippen molar-refractivity contribution in [2.75, 3.05) is 0 Å². The zero-order chi connectivity index (χ0) is 13.8. The van der Waals surface area contributed by atoms with Gasteiger partial charge in [0.05, 0.1) is 11.5 Å². The third-order valence-electron chi connectivity index (χ3n) is 2.51. The van der Waals surface area contributed by atoms with Gasteiger partial charge in [-0.1, -0.05) is 6.07 Å². The zero-order valence-electron chi connectivity index (χ0n) is 10.2. The number of aliphatic hydroxyl groups excluding tert-OH is 1. The van der Waals surface area contributed by atoms with Gasteiger partial charge in [0.2, 0.25) is 11.6 Å². The highest BCUT2D eigenvalue weighted by atomic mass is 16.6. The van der Waals surface area contributed by atoms with Crippen LogP contribution in [0.5, 0.6) is 11.6 Å². The summed E-state index contributed by atoms with van der Waals surface area (Å²) in [6.45, 7) is 1.66. The number of aliphatic hydroxyl groups is 1. The maximum absolute atomic E-state index is 10.9. The highest BCUT2D eigenvalue weighted by Crippen LogP contribution is 2.31. The third-order valence-corrected chi connectivity index (χ3v) is 2.51. The van der Waals surface area contributed by atoms with E-state index in [-0.39, 0.29) is 23.9 Å². The maximum atomic E-state index is 10.9. The van der Waals surface area contributed by atoms with E-state index in [1.807, 2.05) is 0 Å². The second kappa shape index (κ2) is 5.45. The molecule has 0 saturated carbocycles. The molecule has 0 saturated heterocycles. The van der Waals surface area contributed by atoms with Crippen LogP contribution < -0.4 is 4.74 Å². The van der Waals surface area contributed by atoms with Gasteiger partial charge < -0.3 is 9.84 Å². The van der Waals surface area contributed by atoms with Crippen molar-refractivity contribution in [1.82, 2.24) is 4.98 Å². The summed E-state index contributed by atoms with van der Waals surface area (Å²) in [4.78, 5) is 14.4. The molecule has 1 heterocycles. The van der Waals surface area contributed by atoms with Gasteiger partial charge in [-0.25, -0.2) is 4.98 Å². The molecule has 1 aromatic carbocycles.